The number of halogens is 2. The lowest BCUT2D eigenvalue weighted by Crippen LogP contribution is -2.27. The van der Waals surface area contributed by atoms with Crippen LogP contribution in [0.1, 0.15) is 17.9 Å². The molecule has 1 aromatic carbocycles. The zero-order valence-corrected chi connectivity index (χ0v) is 11.2. The van der Waals surface area contributed by atoms with Crippen molar-refractivity contribution in [1.82, 2.24) is 0 Å². The molecule has 3 nitrogen and oxygen atoms in total. The summed E-state index contributed by atoms with van der Waals surface area (Å²) in [5.74, 6) is -0.272. The quantitative estimate of drug-likeness (QED) is 0.840. The van der Waals surface area contributed by atoms with Crippen molar-refractivity contribution in [2.24, 2.45) is 5.73 Å². The van der Waals surface area contributed by atoms with Gasteiger partial charge in [0.2, 0.25) is 0 Å². The number of hydrogen-bond donors (Lipinski definition) is 2. The highest BCUT2D eigenvalue weighted by atomic mass is 35.5. The van der Waals surface area contributed by atoms with Crippen molar-refractivity contribution in [3.8, 4) is 0 Å². The first kappa shape index (κ1) is 14.7. The van der Waals surface area contributed by atoms with Crippen LogP contribution in [0.4, 0.5) is 0 Å². The number of hydrogen-bond acceptors (Lipinski definition) is 3. The van der Waals surface area contributed by atoms with E-state index < -0.39 is 6.10 Å². The van der Waals surface area contributed by atoms with E-state index in [0.29, 0.717) is 28.6 Å². The topological polar surface area (TPSA) is 55.5 Å². The molecule has 96 valence electrons. The Morgan fingerprint density at radius 2 is 1.94 bits per heavy atom. The molecule has 2 unspecified atom stereocenters. The minimum atomic E-state index is -0.614. The SMILES string of the molecule is COCCC(O)C(CN)c1c(Cl)cccc1Cl. The van der Waals surface area contributed by atoms with Crippen molar-refractivity contribution >= 4 is 23.2 Å². The third-order valence-corrected chi connectivity index (χ3v) is 3.37. The molecule has 0 saturated heterocycles. The van der Waals surface area contributed by atoms with Crippen molar-refractivity contribution in [2.75, 3.05) is 20.3 Å². The molecule has 5 heteroatoms. The molecular formula is C12H17Cl2NO2. The Hall–Kier alpha value is -0.320. The van der Waals surface area contributed by atoms with Crippen LogP contribution >= 0.6 is 23.2 Å². The second-order valence-corrected chi connectivity index (χ2v) is 4.64. The van der Waals surface area contributed by atoms with Crippen molar-refractivity contribution in [3.63, 3.8) is 0 Å². The highest BCUT2D eigenvalue weighted by molar-refractivity contribution is 6.36. The number of aliphatic hydroxyl groups excluding tert-OH is 1. The third-order valence-electron chi connectivity index (χ3n) is 2.71. The molecule has 0 heterocycles. The first-order valence-electron chi connectivity index (χ1n) is 5.42. The number of methoxy groups -OCH3 is 1. The van der Waals surface area contributed by atoms with Gasteiger partial charge in [-0.25, -0.2) is 0 Å². The Morgan fingerprint density at radius 1 is 1.35 bits per heavy atom. The summed E-state index contributed by atoms with van der Waals surface area (Å²) in [6.45, 7) is 0.758. The van der Waals surface area contributed by atoms with E-state index in [9.17, 15) is 5.11 Å². The maximum absolute atomic E-state index is 10.1. The molecule has 0 saturated carbocycles. The smallest absolute Gasteiger partial charge is 0.0643 e. The maximum atomic E-state index is 10.1. The fraction of sp³-hybridized carbons (Fsp3) is 0.500. The van der Waals surface area contributed by atoms with E-state index in [4.69, 9.17) is 33.7 Å². The highest BCUT2D eigenvalue weighted by Gasteiger charge is 2.24. The van der Waals surface area contributed by atoms with E-state index in [-0.39, 0.29) is 12.5 Å². The summed E-state index contributed by atoms with van der Waals surface area (Å²) in [5, 5.41) is 11.1. The van der Waals surface area contributed by atoms with Gasteiger partial charge in [0.15, 0.2) is 0 Å². The molecule has 0 aliphatic carbocycles. The van der Waals surface area contributed by atoms with Crippen molar-refractivity contribution in [2.45, 2.75) is 18.4 Å². The minimum Gasteiger partial charge on any atom is -0.392 e. The monoisotopic (exact) mass is 277 g/mol. The van der Waals surface area contributed by atoms with Crippen LogP contribution in [-0.2, 0) is 4.74 Å². The van der Waals surface area contributed by atoms with Crippen molar-refractivity contribution in [3.05, 3.63) is 33.8 Å². The number of benzene rings is 1. The van der Waals surface area contributed by atoms with Gasteiger partial charge in [0.25, 0.3) is 0 Å². The summed E-state index contributed by atoms with van der Waals surface area (Å²) < 4.78 is 4.94. The van der Waals surface area contributed by atoms with Crippen molar-refractivity contribution < 1.29 is 9.84 Å². The van der Waals surface area contributed by atoms with E-state index in [1.54, 1.807) is 25.3 Å². The molecule has 17 heavy (non-hydrogen) atoms. The molecule has 1 rings (SSSR count). The molecule has 0 radical (unpaired) electrons. The standard InChI is InChI=1S/C12H17Cl2NO2/c1-17-6-5-11(16)8(7-15)12-9(13)3-2-4-10(12)14/h2-4,8,11,16H,5-7,15H2,1H3. The van der Waals surface area contributed by atoms with Gasteiger partial charge in [0.05, 0.1) is 6.10 Å². The van der Waals surface area contributed by atoms with E-state index in [2.05, 4.69) is 0 Å². The minimum absolute atomic E-state index is 0.272. The predicted molar refractivity (Wildman–Crippen MR) is 70.8 cm³/mol. The lowest BCUT2D eigenvalue weighted by atomic mass is 9.91. The number of nitrogens with two attached hydrogens (primary N) is 1. The predicted octanol–water partition coefficient (Wildman–Crippen LogP) is 2.43. The van der Waals surface area contributed by atoms with Gasteiger partial charge in [-0.15, -0.1) is 0 Å². The summed E-state index contributed by atoms with van der Waals surface area (Å²) in [6.07, 6.45) is -0.114. The van der Waals surface area contributed by atoms with Crippen LogP contribution in [-0.4, -0.2) is 31.5 Å². The molecule has 0 spiro atoms. The van der Waals surface area contributed by atoms with Gasteiger partial charge in [-0.2, -0.15) is 0 Å². The molecule has 0 aromatic heterocycles. The largest absolute Gasteiger partial charge is 0.392 e. The number of ether oxygens (including phenoxy) is 1. The summed E-state index contributed by atoms with van der Waals surface area (Å²) in [5.41, 5.74) is 6.41. The lowest BCUT2D eigenvalue weighted by molar-refractivity contribution is 0.0920. The fourth-order valence-corrected chi connectivity index (χ4v) is 2.45. The molecule has 1 aromatic rings. The summed E-state index contributed by atoms with van der Waals surface area (Å²) in [7, 11) is 1.59. The van der Waals surface area contributed by atoms with Crippen LogP contribution in [0.15, 0.2) is 18.2 Å². The molecule has 0 amide bonds. The molecular weight excluding hydrogens is 261 g/mol. The van der Waals surface area contributed by atoms with E-state index in [1.165, 1.54) is 0 Å². The van der Waals surface area contributed by atoms with Crippen molar-refractivity contribution in [1.29, 1.82) is 0 Å². The Bertz CT molecular complexity index is 340. The maximum Gasteiger partial charge on any atom is 0.0643 e. The average Bonchev–Trinajstić information content (AvgIpc) is 2.31. The van der Waals surface area contributed by atoms with E-state index in [0.717, 1.165) is 0 Å². The summed E-state index contributed by atoms with van der Waals surface area (Å²) in [6, 6.07) is 5.26. The van der Waals surface area contributed by atoms with Gasteiger partial charge in [0, 0.05) is 36.2 Å². The first-order chi connectivity index (χ1) is 8.11. The van der Waals surface area contributed by atoms with Gasteiger partial charge in [0.1, 0.15) is 0 Å². The lowest BCUT2D eigenvalue weighted by Gasteiger charge is -2.23. The number of rotatable bonds is 6. The van der Waals surface area contributed by atoms with Crippen LogP contribution in [0.3, 0.4) is 0 Å². The molecule has 0 bridgehead atoms. The zero-order chi connectivity index (χ0) is 12.8. The molecule has 0 fully saturated rings. The molecule has 2 atom stereocenters. The highest BCUT2D eigenvalue weighted by Crippen LogP contribution is 2.33. The zero-order valence-electron chi connectivity index (χ0n) is 9.70. The molecule has 0 aliphatic heterocycles. The Morgan fingerprint density at radius 3 is 2.41 bits per heavy atom. The van der Waals surface area contributed by atoms with Crippen LogP contribution in [0.25, 0.3) is 0 Å². The van der Waals surface area contributed by atoms with Gasteiger partial charge in [-0.3, -0.25) is 0 Å². The molecule has 0 aliphatic rings. The average molecular weight is 278 g/mol. The first-order valence-corrected chi connectivity index (χ1v) is 6.18. The van der Waals surface area contributed by atoms with E-state index in [1.807, 2.05) is 0 Å². The van der Waals surface area contributed by atoms with Gasteiger partial charge in [-0.1, -0.05) is 29.3 Å². The number of aliphatic hydroxyl groups is 1. The van der Waals surface area contributed by atoms with Gasteiger partial charge < -0.3 is 15.6 Å². The van der Waals surface area contributed by atoms with E-state index >= 15 is 0 Å². The van der Waals surface area contributed by atoms with Crippen LogP contribution in [0, 0.1) is 0 Å². The second kappa shape index (κ2) is 7.19. The summed E-state index contributed by atoms with van der Waals surface area (Å²) >= 11 is 12.2. The van der Waals surface area contributed by atoms with Gasteiger partial charge in [-0.05, 0) is 24.1 Å². The normalized spacial score (nSPS) is 14.6. The third kappa shape index (κ3) is 3.83. The van der Waals surface area contributed by atoms with Crippen LogP contribution in [0.5, 0.6) is 0 Å². The van der Waals surface area contributed by atoms with Crippen LogP contribution in [0.2, 0.25) is 10.0 Å². The second-order valence-electron chi connectivity index (χ2n) is 3.83. The fourth-order valence-electron chi connectivity index (χ4n) is 1.77. The van der Waals surface area contributed by atoms with Crippen LogP contribution < -0.4 is 5.73 Å². The Balaban J connectivity index is 2.93. The van der Waals surface area contributed by atoms with Gasteiger partial charge >= 0.3 is 0 Å². The summed E-state index contributed by atoms with van der Waals surface area (Å²) in [4.78, 5) is 0. The Kier molecular flexibility index (Phi) is 6.23. The Labute approximate surface area is 111 Å². The molecule has 3 N–H and O–H groups in total.